The third-order valence-corrected chi connectivity index (χ3v) is 7.15. The first-order chi connectivity index (χ1) is 17.8. The molecule has 10 nitrogen and oxygen atoms in total. The van der Waals surface area contributed by atoms with Gasteiger partial charge in [0, 0.05) is 12.7 Å². The summed E-state index contributed by atoms with van der Waals surface area (Å²) >= 11 is 1.40. The SMILES string of the molecule is CN=S=C1NC(n2nnc3ccccc32)C(c2ccc3c(c2)OCCO3)N1c1ccc2nc[nH]c2c1. The summed E-state index contributed by atoms with van der Waals surface area (Å²) in [6.07, 6.45) is 1.45. The number of imidazole rings is 1. The lowest BCUT2D eigenvalue weighted by molar-refractivity contribution is 0.171. The fourth-order valence-corrected chi connectivity index (χ4v) is 5.57. The molecule has 0 radical (unpaired) electrons. The molecule has 11 heteroatoms. The van der Waals surface area contributed by atoms with Crippen LogP contribution in [0.1, 0.15) is 17.8 Å². The van der Waals surface area contributed by atoms with Crippen LogP contribution >= 0.6 is 0 Å². The maximum Gasteiger partial charge on any atom is 0.162 e. The fourth-order valence-electron chi connectivity index (χ4n) is 4.91. The number of anilines is 1. The standard InChI is InChI=1S/C25H22N8O2S/c1-26-36-25-29-24(33-20-5-3-2-4-18(20)30-31-33)23(15-6-9-21-22(12-15)35-11-10-34-21)32(25)16-7-8-17-19(13-16)28-14-27-17/h2-9,12-14,23-24,29H,10-11H2,1H3,(H,27,28). The van der Waals surface area contributed by atoms with Crippen molar-refractivity contribution in [3.05, 3.63) is 72.6 Å². The summed E-state index contributed by atoms with van der Waals surface area (Å²) in [5.74, 6) is 1.50. The molecule has 5 aromatic rings. The van der Waals surface area contributed by atoms with E-state index < -0.39 is 0 Å². The number of hydrogen-bond acceptors (Lipinski definition) is 6. The second kappa shape index (κ2) is 8.47. The molecule has 0 saturated carbocycles. The highest BCUT2D eigenvalue weighted by molar-refractivity contribution is 7.69. The van der Waals surface area contributed by atoms with Crippen molar-refractivity contribution < 1.29 is 9.47 Å². The molecular weight excluding hydrogens is 476 g/mol. The van der Waals surface area contributed by atoms with Crippen LogP contribution in [0.5, 0.6) is 11.5 Å². The highest BCUT2D eigenvalue weighted by Crippen LogP contribution is 2.43. The van der Waals surface area contributed by atoms with E-state index in [0.717, 1.165) is 49.9 Å². The van der Waals surface area contributed by atoms with E-state index in [1.807, 2.05) is 41.1 Å². The van der Waals surface area contributed by atoms with Crippen LogP contribution in [0.4, 0.5) is 5.69 Å². The molecule has 0 amide bonds. The zero-order valence-electron chi connectivity index (χ0n) is 19.3. The van der Waals surface area contributed by atoms with Gasteiger partial charge in [-0.05, 0) is 59.2 Å². The molecule has 3 aromatic carbocycles. The average Bonchev–Trinajstić information content (AvgIpc) is 3.65. The van der Waals surface area contributed by atoms with Crippen molar-refractivity contribution in [2.24, 2.45) is 4.36 Å². The zero-order valence-corrected chi connectivity index (χ0v) is 20.1. The number of hydrogen-bond donors (Lipinski definition) is 2. The lowest BCUT2D eigenvalue weighted by Gasteiger charge is -2.29. The first kappa shape index (κ1) is 21.1. The number of aromatic nitrogens is 5. The number of ether oxygens (including phenoxy) is 2. The molecule has 2 N–H and O–H groups in total. The third-order valence-electron chi connectivity index (χ3n) is 6.48. The van der Waals surface area contributed by atoms with Crippen LogP contribution in [0.3, 0.4) is 0 Å². The highest BCUT2D eigenvalue weighted by Gasteiger charge is 2.42. The summed E-state index contributed by atoms with van der Waals surface area (Å²) in [5.41, 5.74) is 5.70. The minimum Gasteiger partial charge on any atom is -0.486 e. The van der Waals surface area contributed by atoms with E-state index in [9.17, 15) is 0 Å². The van der Waals surface area contributed by atoms with Crippen LogP contribution in [0.25, 0.3) is 22.1 Å². The van der Waals surface area contributed by atoms with Crippen molar-refractivity contribution in [2.45, 2.75) is 12.2 Å². The Labute approximate surface area is 209 Å². The first-order valence-corrected chi connectivity index (χ1v) is 12.4. The van der Waals surface area contributed by atoms with Gasteiger partial charge in [0.2, 0.25) is 0 Å². The van der Waals surface area contributed by atoms with Crippen LogP contribution in [0.2, 0.25) is 0 Å². The van der Waals surface area contributed by atoms with Crippen molar-refractivity contribution in [3.8, 4) is 11.5 Å². The van der Waals surface area contributed by atoms with Crippen molar-refractivity contribution >= 4 is 44.0 Å². The van der Waals surface area contributed by atoms with E-state index in [2.05, 4.69) is 59.1 Å². The van der Waals surface area contributed by atoms with E-state index in [0.29, 0.717) is 13.2 Å². The van der Waals surface area contributed by atoms with E-state index in [4.69, 9.17) is 9.47 Å². The van der Waals surface area contributed by atoms with Crippen LogP contribution in [0.15, 0.2) is 71.4 Å². The Morgan fingerprint density at radius 2 is 1.89 bits per heavy atom. The van der Waals surface area contributed by atoms with E-state index in [-0.39, 0.29) is 12.2 Å². The molecule has 2 atom stereocenters. The smallest absolute Gasteiger partial charge is 0.162 e. The molecule has 36 heavy (non-hydrogen) atoms. The molecule has 2 aromatic heterocycles. The molecule has 1 fully saturated rings. The van der Waals surface area contributed by atoms with Gasteiger partial charge in [-0.15, -0.1) is 5.10 Å². The lowest BCUT2D eigenvalue weighted by Crippen LogP contribution is -2.31. The largest absolute Gasteiger partial charge is 0.486 e. The molecule has 2 aliphatic heterocycles. The molecule has 4 heterocycles. The summed E-state index contributed by atoms with van der Waals surface area (Å²) in [4.78, 5) is 9.87. The summed E-state index contributed by atoms with van der Waals surface area (Å²) in [6.45, 7) is 1.08. The second-order valence-corrected chi connectivity index (χ2v) is 9.45. The molecule has 1 saturated heterocycles. The summed E-state index contributed by atoms with van der Waals surface area (Å²) in [6, 6.07) is 20.1. The zero-order chi connectivity index (χ0) is 24.1. The number of nitrogens with zero attached hydrogens (tertiary/aromatic N) is 6. The number of rotatable bonds is 3. The minimum atomic E-state index is -0.262. The van der Waals surface area contributed by atoms with Gasteiger partial charge in [0.15, 0.2) is 16.6 Å². The number of para-hydroxylation sites is 1. The summed E-state index contributed by atoms with van der Waals surface area (Å²) < 4.78 is 18.1. The van der Waals surface area contributed by atoms with Gasteiger partial charge in [0.05, 0.1) is 28.9 Å². The number of fused-ring (bicyclic) bond motifs is 3. The van der Waals surface area contributed by atoms with Gasteiger partial charge in [-0.2, -0.15) is 0 Å². The van der Waals surface area contributed by atoms with Crippen molar-refractivity contribution in [1.82, 2.24) is 30.3 Å². The molecule has 2 unspecified atom stereocenters. The van der Waals surface area contributed by atoms with Crippen LogP contribution in [-0.2, 0) is 11.1 Å². The van der Waals surface area contributed by atoms with Crippen LogP contribution in [-0.4, -0.2) is 50.3 Å². The molecule has 7 rings (SSSR count). The molecule has 2 aliphatic rings. The topological polar surface area (TPSA) is 105 Å². The fraction of sp³-hybridized carbons (Fsp3) is 0.200. The molecular formula is C25H22N8O2S. The van der Waals surface area contributed by atoms with Gasteiger partial charge < -0.3 is 19.4 Å². The number of aromatic amines is 1. The van der Waals surface area contributed by atoms with Gasteiger partial charge in [0.25, 0.3) is 0 Å². The minimum absolute atomic E-state index is 0.185. The molecule has 180 valence electrons. The Hall–Kier alpha value is -4.22. The molecule has 0 spiro atoms. The number of H-pyrrole nitrogens is 1. The summed E-state index contributed by atoms with van der Waals surface area (Å²) in [5, 5.41) is 13.5. The van der Waals surface area contributed by atoms with Gasteiger partial charge in [-0.3, -0.25) is 0 Å². The Kier molecular flexibility index (Phi) is 4.96. The Morgan fingerprint density at radius 1 is 1.00 bits per heavy atom. The maximum atomic E-state index is 5.94. The van der Waals surface area contributed by atoms with E-state index >= 15 is 0 Å². The van der Waals surface area contributed by atoms with Crippen molar-refractivity contribution in [2.75, 3.05) is 25.2 Å². The van der Waals surface area contributed by atoms with Crippen LogP contribution in [0, 0.1) is 0 Å². The predicted molar refractivity (Wildman–Crippen MR) is 139 cm³/mol. The normalized spacial score (nSPS) is 19.2. The Balaban J connectivity index is 1.45. The van der Waals surface area contributed by atoms with Crippen molar-refractivity contribution in [3.63, 3.8) is 0 Å². The van der Waals surface area contributed by atoms with E-state index in [1.54, 1.807) is 13.4 Å². The quantitative estimate of drug-likeness (QED) is 0.367. The van der Waals surface area contributed by atoms with Crippen molar-refractivity contribution in [1.29, 1.82) is 0 Å². The highest BCUT2D eigenvalue weighted by atomic mass is 32.1. The second-order valence-electron chi connectivity index (χ2n) is 8.51. The van der Waals surface area contributed by atoms with Gasteiger partial charge >= 0.3 is 0 Å². The Morgan fingerprint density at radius 3 is 2.81 bits per heavy atom. The maximum absolute atomic E-state index is 5.94. The van der Waals surface area contributed by atoms with E-state index in [1.165, 1.54) is 11.1 Å². The van der Waals surface area contributed by atoms with Crippen LogP contribution < -0.4 is 19.7 Å². The molecule has 0 bridgehead atoms. The first-order valence-electron chi connectivity index (χ1n) is 11.6. The average molecular weight is 499 g/mol. The predicted octanol–water partition coefficient (Wildman–Crippen LogP) is 3.41. The number of benzene rings is 3. The number of nitrogens with one attached hydrogen (secondary N) is 2. The molecule has 0 aliphatic carbocycles. The van der Waals surface area contributed by atoms with Gasteiger partial charge in [-0.25, -0.2) is 19.3 Å². The summed E-state index contributed by atoms with van der Waals surface area (Å²) in [7, 11) is 1.78. The Bertz CT molecular complexity index is 1670. The van der Waals surface area contributed by atoms with Gasteiger partial charge in [0.1, 0.15) is 24.9 Å². The lowest BCUT2D eigenvalue weighted by atomic mass is 10.0. The monoisotopic (exact) mass is 498 g/mol. The van der Waals surface area contributed by atoms with Gasteiger partial charge in [-0.1, -0.05) is 23.4 Å². The third kappa shape index (κ3) is 3.35.